The minimum Gasteiger partial charge on any atom is -0.378 e. The van der Waals surface area contributed by atoms with Gasteiger partial charge in [0.2, 0.25) is 5.91 Å². The van der Waals surface area contributed by atoms with E-state index in [1.54, 1.807) is 19.1 Å². The van der Waals surface area contributed by atoms with Gasteiger partial charge in [-0.05, 0) is 42.6 Å². The van der Waals surface area contributed by atoms with Gasteiger partial charge in [-0.15, -0.1) is 11.3 Å². The van der Waals surface area contributed by atoms with Crippen LogP contribution in [0, 0.1) is 0 Å². The molecule has 1 heterocycles. The van der Waals surface area contributed by atoms with Crippen LogP contribution in [0.3, 0.4) is 0 Å². The summed E-state index contributed by atoms with van der Waals surface area (Å²) >= 11 is 1.34. The van der Waals surface area contributed by atoms with Crippen LogP contribution >= 0.6 is 11.3 Å². The molecule has 0 spiro atoms. The third kappa shape index (κ3) is 5.20. The largest absolute Gasteiger partial charge is 0.378 e. The van der Waals surface area contributed by atoms with E-state index in [9.17, 15) is 9.59 Å². The number of hydrazone groups is 1. The second-order valence-electron chi connectivity index (χ2n) is 5.43. The number of amides is 2. The normalized spacial score (nSPS) is 11.0. The van der Waals surface area contributed by atoms with E-state index in [0.717, 1.165) is 11.4 Å². The number of hydrogen-bond donors (Lipinski definition) is 2. The summed E-state index contributed by atoms with van der Waals surface area (Å²) < 4.78 is 0. The first-order chi connectivity index (χ1) is 11.5. The Balaban J connectivity index is 1.84. The lowest BCUT2D eigenvalue weighted by Crippen LogP contribution is -2.20. The molecule has 2 aromatic rings. The van der Waals surface area contributed by atoms with Gasteiger partial charge in [-0.3, -0.25) is 9.59 Å². The van der Waals surface area contributed by atoms with E-state index in [4.69, 9.17) is 0 Å². The maximum atomic E-state index is 12.0. The Bertz CT molecular complexity index is 722. The number of hydrogen-bond acceptors (Lipinski definition) is 5. The van der Waals surface area contributed by atoms with Crippen LogP contribution in [-0.4, -0.2) is 31.6 Å². The average molecular weight is 344 g/mol. The number of anilines is 2. The second kappa shape index (κ2) is 8.26. The number of benzene rings is 1. The van der Waals surface area contributed by atoms with Gasteiger partial charge in [-0.25, -0.2) is 5.43 Å². The van der Waals surface area contributed by atoms with Crippen molar-refractivity contribution in [1.82, 2.24) is 5.43 Å². The number of rotatable bonds is 6. The molecule has 0 saturated heterocycles. The molecule has 24 heavy (non-hydrogen) atoms. The first-order valence-electron chi connectivity index (χ1n) is 7.40. The van der Waals surface area contributed by atoms with Crippen LogP contribution in [0.5, 0.6) is 0 Å². The van der Waals surface area contributed by atoms with Gasteiger partial charge in [0, 0.05) is 31.2 Å². The van der Waals surface area contributed by atoms with Crippen LogP contribution in [-0.2, 0) is 4.79 Å². The molecule has 0 aliphatic heterocycles. The Morgan fingerprint density at radius 2 is 1.88 bits per heavy atom. The van der Waals surface area contributed by atoms with Crippen molar-refractivity contribution in [3.63, 3.8) is 0 Å². The van der Waals surface area contributed by atoms with Gasteiger partial charge in [-0.2, -0.15) is 5.10 Å². The summed E-state index contributed by atoms with van der Waals surface area (Å²) in [7, 11) is 3.91. The minimum absolute atomic E-state index is 0.111. The molecule has 0 unspecified atom stereocenters. The molecule has 7 heteroatoms. The van der Waals surface area contributed by atoms with Gasteiger partial charge in [0.1, 0.15) is 0 Å². The molecule has 2 amide bonds. The molecule has 2 rings (SSSR count). The molecule has 1 aromatic carbocycles. The van der Waals surface area contributed by atoms with Crippen molar-refractivity contribution >= 4 is 40.2 Å². The van der Waals surface area contributed by atoms with Crippen molar-refractivity contribution in [2.45, 2.75) is 13.3 Å². The van der Waals surface area contributed by atoms with Crippen LogP contribution in [0.2, 0.25) is 0 Å². The molecule has 0 aliphatic rings. The Hall–Kier alpha value is -2.67. The number of thiophene rings is 1. The van der Waals surface area contributed by atoms with Crippen molar-refractivity contribution in [1.29, 1.82) is 0 Å². The molecule has 0 saturated carbocycles. The van der Waals surface area contributed by atoms with Gasteiger partial charge < -0.3 is 10.2 Å². The zero-order valence-corrected chi connectivity index (χ0v) is 14.7. The highest BCUT2D eigenvalue weighted by Crippen LogP contribution is 2.15. The average Bonchev–Trinajstić information content (AvgIpc) is 3.07. The number of nitrogens with one attached hydrogen (secondary N) is 2. The van der Waals surface area contributed by atoms with Crippen molar-refractivity contribution in [2.75, 3.05) is 24.3 Å². The summed E-state index contributed by atoms with van der Waals surface area (Å²) in [6.07, 6.45) is 0.111. The lowest BCUT2D eigenvalue weighted by molar-refractivity contribution is -0.115. The van der Waals surface area contributed by atoms with Crippen LogP contribution in [0.1, 0.15) is 23.0 Å². The third-order valence-electron chi connectivity index (χ3n) is 3.18. The molecule has 6 nitrogen and oxygen atoms in total. The second-order valence-corrected chi connectivity index (χ2v) is 6.38. The fraction of sp³-hybridized carbons (Fsp3) is 0.235. The fourth-order valence-electron chi connectivity index (χ4n) is 1.93. The summed E-state index contributed by atoms with van der Waals surface area (Å²) in [5.74, 6) is -0.455. The fourth-order valence-corrected chi connectivity index (χ4v) is 2.54. The summed E-state index contributed by atoms with van der Waals surface area (Å²) in [6.45, 7) is 1.70. The maximum Gasteiger partial charge on any atom is 0.281 e. The minimum atomic E-state index is -0.274. The van der Waals surface area contributed by atoms with E-state index in [2.05, 4.69) is 15.8 Å². The van der Waals surface area contributed by atoms with Gasteiger partial charge in [0.15, 0.2) is 0 Å². The Morgan fingerprint density at radius 3 is 2.46 bits per heavy atom. The standard InChI is InChI=1S/C17H20N4O2S/c1-12(19-20-17(23)15-5-4-10-24-15)11-16(22)18-13-6-8-14(9-7-13)21(2)3/h4-10H,11H2,1-3H3,(H,18,22)(H,20,23). The lowest BCUT2D eigenvalue weighted by atomic mass is 10.2. The monoisotopic (exact) mass is 344 g/mol. The molecule has 0 aliphatic carbocycles. The van der Waals surface area contributed by atoms with Crippen molar-refractivity contribution in [3.05, 3.63) is 46.7 Å². The first-order valence-corrected chi connectivity index (χ1v) is 8.28. The molecule has 126 valence electrons. The van der Waals surface area contributed by atoms with Gasteiger partial charge in [0.05, 0.1) is 11.3 Å². The summed E-state index contributed by atoms with van der Waals surface area (Å²) in [6, 6.07) is 11.1. The highest BCUT2D eigenvalue weighted by atomic mass is 32.1. The van der Waals surface area contributed by atoms with E-state index >= 15 is 0 Å². The van der Waals surface area contributed by atoms with Gasteiger partial charge in [0.25, 0.3) is 5.91 Å². The number of carbonyl (C=O) groups excluding carboxylic acids is 2. The van der Waals surface area contributed by atoms with E-state index in [1.165, 1.54) is 11.3 Å². The molecular weight excluding hydrogens is 324 g/mol. The van der Waals surface area contributed by atoms with E-state index in [0.29, 0.717) is 10.6 Å². The molecular formula is C17H20N4O2S. The van der Waals surface area contributed by atoms with Crippen LogP contribution in [0.4, 0.5) is 11.4 Å². The number of carbonyl (C=O) groups is 2. The van der Waals surface area contributed by atoms with Crippen LogP contribution < -0.4 is 15.6 Å². The Kier molecular flexibility index (Phi) is 6.08. The first kappa shape index (κ1) is 17.7. The summed E-state index contributed by atoms with van der Waals surface area (Å²) in [5, 5.41) is 8.58. The van der Waals surface area contributed by atoms with Crippen LogP contribution in [0.25, 0.3) is 0 Å². The van der Waals surface area contributed by atoms with Crippen molar-refractivity contribution in [2.24, 2.45) is 5.10 Å². The lowest BCUT2D eigenvalue weighted by Gasteiger charge is -2.13. The molecule has 0 radical (unpaired) electrons. The van der Waals surface area contributed by atoms with Crippen LogP contribution in [0.15, 0.2) is 46.9 Å². The summed E-state index contributed by atoms with van der Waals surface area (Å²) in [4.78, 5) is 26.3. The zero-order valence-electron chi connectivity index (χ0n) is 13.9. The SMILES string of the molecule is CC(CC(=O)Nc1ccc(N(C)C)cc1)=NNC(=O)c1cccs1. The highest BCUT2D eigenvalue weighted by Gasteiger charge is 2.07. The molecule has 0 atom stereocenters. The predicted octanol–water partition coefficient (Wildman–Crippen LogP) is 2.95. The van der Waals surface area contributed by atoms with E-state index in [1.807, 2.05) is 48.6 Å². The van der Waals surface area contributed by atoms with Crippen molar-refractivity contribution < 1.29 is 9.59 Å². The summed E-state index contributed by atoms with van der Waals surface area (Å²) in [5.41, 5.74) is 4.76. The quantitative estimate of drug-likeness (QED) is 0.625. The smallest absolute Gasteiger partial charge is 0.281 e. The Morgan fingerprint density at radius 1 is 1.17 bits per heavy atom. The predicted molar refractivity (Wildman–Crippen MR) is 98.9 cm³/mol. The highest BCUT2D eigenvalue weighted by molar-refractivity contribution is 7.12. The van der Waals surface area contributed by atoms with Crippen molar-refractivity contribution in [3.8, 4) is 0 Å². The molecule has 0 bridgehead atoms. The number of nitrogens with zero attached hydrogens (tertiary/aromatic N) is 2. The molecule has 1 aromatic heterocycles. The van der Waals surface area contributed by atoms with Gasteiger partial charge >= 0.3 is 0 Å². The Labute approximate surface area is 145 Å². The third-order valence-corrected chi connectivity index (χ3v) is 4.05. The maximum absolute atomic E-state index is 12.0. The van der Waals surface area contributed by atoms with E-state index in [-0.39, 0.29) is 18.2 Å². The van der Waals surface area contributed by atoms with E-state index < -0.39 is 0 Å². The topological polar surface area (TPSA) is 73.8 Å². The molecule has 0 fully saturated rings. The molecule has 2 N–H and O–H groups in total. The zero-order chi connectivity index (χ0) is 17.5. The van der Waals surface area contributed by atoms with Gasteiger partial charge in [-0.1, -0.05) is 6.07 Å².